The van der Waals surface area contributed by atoms with Gasteiger partial charge in [-0.3, -0.25) is 4.90 Å². The quantitative estimate of drug-likeness (QED) is 0.880. The number of nitrogens with zero attached hydrogens (tertiary/aromatic N) is 3. The summed E-state index contributed by atoms with van der Waals surface area (Å²) in [4.78, 5) is 20.6. The minimum absolute atomic E-state index is 0.203. The molecular weight excluding hydrogens is 288 g/mol. The van der Waals surface area contributed by atoms with Gasteiger partial charge >= 0.3 is 6.03 Å². The van der Waals surface area contributed by atoms with Crippen molar-refractivity contribution in [3.8, 4) is 0 Å². The summed E-state index contributed by atoms with van der Waals surface area (Å²) >= 11 is 6.08. The van der Waals surface area contributed by atoms with Crippen LogP contribution in [-0.2, 0) is 0 Å². The van der Waals surface area contributed by atoms with Crippen LogP contribution in [0, 0.1) is 0 Å². The monoisotopic (exact) mass is 302 g/mol. The van der Waals surface area contributed by atoms with Crippen molar-refractivity contribution in [3.05, 3.63) is 47.6 Å². The third kappa shape index (κ3) is 2.64. The summed E-state index contributed by atoms with van der Waals surface area (Å²) in [5.41, 5.74) is 1.41. The molecule has 2 aromatic rings. The molecule has 0 saturated heterocycles. The molecule has 0 radical (unpaired) electrons. The van der Waals surface area contributed by atoms with Gasteiger partial charge in [0.05, 0.1) is 16.4 Å². The smallest absolute Gasteiger partial charge is 0.326 e. The van der Waals surface area contributed by atoms with Crippen molar-refractivity contribution < 1.29 is 4.79 Å². The molecule has 21 heavy (non-hydrogen) atoms. The predicted octanol–water partition coefficient (Wildman–Crippen LogP) is 3.22. The van der Waals surface area contributed by atoms with Gasteiger partial charge in [0.25, 0.3) is 0 Å². The molecule has 0 fully saturated rings. The maximum absolute atomic E-state index is 12.5. The van der Waals surface area contributed by atoms with Crippen LogP contribution in [0.25, 0.3) is 0 Å². The Hall–Kier alpha value is -2.27. The van der Waals surface area contributed by atoms with E-state index in [-0.39, 0.29) is 6.03 Å². The number of anilines is 3. The van der Waals surface area contributed by atoms with Gasteiger partial charge in [0.2, 0.25) is 0 Å². The lowest BCUT2D eigenvalue weighted by atomic mass is 10.2. The van der Waals surface area contributed by atoms with E-state index in [1.54, 1.807) is 23.2 Å². The fourth-order valence-corrected chi connectivity index (χ4v) is 2.51. The molecule has 0 spiro atoms. The fraction of sp³-hybridized carbons (Fsp3) is 0.200. The topological polar surface area (TPSA) is 48.5 Å². The lowest BCUT2D eigenvalue weighted by Crippen LogP contribution is -2.45. The Bertz CT molecular complexity index is 676. The van der Waals surface area contributed by atoms with Crippen LogP contribution in [0.5, 0.6) is 0 Å². The molecule has 1 aliphatic rings. The van der Waals surface area contributed by atoms with Crippen molar-refractivity contribution in [1.29, 1.82) is 0 Å². The van der Waals surface area contributed by atoms with Crippen molar-refractivity contribution >= 4 is 34.8 Å². The lowest BCUT2D eigenvalue weighted by molar-refractivity contribution is 0.257. The van der Waals surface area contributed by atoms with Crippen LogP contribution in [0.15, 0.2) is 42.6 Å². The third-order valence-electron chi connectivity index (χ3n) is 3.44. The van der Waals surface area contributed by atoms with Crippen LogP contribution in [0.1, 0.15) is 0 Å². The average Bonchev–Trinajstić information content (AvgIpc) is 2.50. The summed E-state index contributed by atoms with van der Waals surface area (Å²) in [7, 11) is 1.97. The van der Waals surface area contributed by atoms with Crippen molar-refractivity contribution in [2.45, 2.75) is 0 Å². The van der Waals surface area contributed by atoms with Crippen molar-refractivity contribution in [1.82, 2.24) is 4.98 Å². The van der Waals surface area contributed by atoms with Gasteiger partial charge in [-0.15, -0.1) is 0 Å². The number of pyridine rings is 1. The number of likely N-dealkylation sites (N-methyl/N-ethyl adjacent to an activating group) is 1. The highest BCUT2D eigenvalue weighted by Crippen LogP contribution is 2.30. The van der Waals surface area contributed by atoms with Crippen LogP contribution >= 0.6 is 11.6 Å². The Kier molecular flexibility index (Phi) is 3.66. The molecule has 0 atom stereocenters. The number of benzene rings is 1. The zero-order valence-electron chi connectivity index (χ0n) is 11.6. The zero-order valence-corrected chi connectivity index (χ0v) is 12.3. The second-order valence-electron chi connectivity index (χ2n) is 4.83. The SMILES string of the molecule is CN1CCN(C(=O)Nc2ccccc2Cl)c2cccnc21. The number of carbonyl (C=O) groups is 1. The number of carbonyl (C=O) groups excluding carboxylic acids is 1. The number of aromatic nitrogens is 1. The minimum atomic E-state index is -0.203. The van der Waals surface area contributed by atoms with Crippen LogP contribution < -0.4 is 15.1 Å². The molecule has 1 N–H and O–H groups in total. The highest BCUT2D eigenvalue weighted by Gasteiger charge is 2.26. The maximum Gasteiger partial charge on any atom is 0.326 e. The first-order valence-corrected chi connectivity index (χ1v) is 7.04. The second-order valence-corrected chi connectivity index (χ2v) is 5.24. The molecule has 1 aromatic heterocycles. The van der Waals surface area contributed by atoms with Crippen LogP contribution in [-0.4, -0.2) is 31.2 Å². The normalized spacial score (nSPS) is 13.8. The van der Waals surface area contributed by atoms with E-state index in [9.17, 15) is 4.79 Å². The van der Waals surface area contributed by atoms with Gasteiger partial charge in [-0.2, -0.15) is 0 Å². The number of amides is 2. The highest BCUT2D eigenvalue weighted by atomic mass is 35.5. The molecule has 0 saturated carbocycles. The summed E-state index contributed by atoms with van der Waals surface area (Å²) in [5.74, 6) is 0.804. The number of halogens is 1. The summed E-state index contributed by atoms with van der Waals surface area (Å²) < 4.78 is 0. The molecule has 5 nitrogen and oxygen atoms in total. The zero-order chi connectivity index (χ0) is 14.8. The summed E-state index contributed by atoms with van der Waals surface area (Å²) in [6.45, 7) is 1.34. The van der Waals surface area contributed by atoms with Crippen LogP contribution in [0.4, 0.5) is 22.0 Å². The molecule has 3 rings (SSSR count). The largest absolute Gasteiger partial charge is 0.356 e. The van der Waals surface area contributed by atoms with Crippen LogP contribution in [0.3, 0.4) is 0 Å². The summed E-state index contributed by atoms with van der Waals surface area (Å²) in [5, 5.41) is 3.36. The molecule has 6 heteroatoms. The van der Waals surface area contributed by atoms with Gasteiger partial charge in [0, 0.05) is 26.3 Å². The predicted molar refractivity (Wildman–Crippen MR) is 85.3 cm³/mol. The first-order chi connectivity index (χ1) is 10.2. The Balaban J connectivity index is 1.86. The van der Waals surface area contributed by atoms with E-state index in [4.69, 9.17) is 11.6 Å². The van der Waals surface area contributed by atoms with Gasteiger partial charge in [-0.1, -0.05) is 23.7 Å². The van der Waals surface area contributed by atoms with Gasteiger partial charge < -0.3 is 10.2 Å². The third-order valence-corrected chi connectivity index (χ3v) is 3.77. The number of para-hydroxylation sites is 1. The summed E-state index contributed by atoms with van der Waals surface area (Å²) in [6, 6.07) is 10.7. The molecule has 0 aliphatic carbocycles. The van der Waals surface area contributed by atoms with E-state index in [1.165, 1.54) is 0 Å². The molecular formula is C15H15ClN4O. The first kappa shape index (κ1) is 13.7. The van der Waals surface area contributed by atoms with Crippen molar-refractivity contribution in [2.75, 3.05) is 35.3 Å². The standard InChI is InChI=1S/C15H15ClN4O/c1-19-9-10-20(13-7-4-8-17-14(13)19)15(21)18-12-6-3-2-5-11(12)16/h2-8H,9-10H2,1H3,(H,18,21). The Labute approximate surface area is 128 Å². The first-order valence-electron chi connectivity index (χ1n) is 6.66. The number of nitrogens with one attached hydrogen (secondary N) is 1. The maximum atomic E-state index is 12.5. The average molecular weight is 303 g/mol. The highest BCUT2D eigenvalue weighted by molar-refractivity contribution is 6.33. The molecule has 1 aromatic carbocycles. The molecule has 0 bridgehead atoms. The van der Waals surface area contributed by atoms with Gasteiger partial charge in [0.15, 0.2) is 5.82 Å². The van der Waals surface area contributed by atoms with E-state index in [0.717, 1.165) is 18.1 Å². The second kappa shape index (κ2) is 5.61. The summed E-state index contributed by atoms with van der Waals surface area (Å²) in [6.07, 6.45) is 1.73. The van der Waals surface area contributed by atoms with Gasteiger partial charge in [-0.25, -0.2) is 9.78 Å². The number of hydrogen-bond acceptors (Lipinski definition) is 3. The molecule has 2 amide bonds. The number of fused-ring (bicyclic) bond motifs is 1. The molecule has 0 unspecified atom stereocenters. The minimum Gasteiger partial charge on any atom is -0.356 e. The van der Waals surface area contributed by atoms with E-state index in [2.05, 4.69) is 10.3 Å². The molecule has 2 heterocycles. The van der Waals surface area contributed by atoms with E-state index in [0.29, 0.717) is 17.3 Å². The molecule has 1 aliphatic heterocycles. The number of rotatable bonds is 1. The Morgan fingerprint density at radius 3 is 2.86 bits per heavy atom. The van der Waals surface area contributed by atoms with Gasteiger partial charge in [-0.05, 0) is 24.3 Å². The number of urea groups is 1. The van der Waals surface area contributed by atoms with Crippen molar-refractivity contribution in [2.24, 2.45) is 0 Å². The van der Waals surface area contributed by atoms with E-state index >= 15 is 0 Å². The Morgan fingerprint density at radius 2 is 2.05 bits per heavy atom. The van der Waals surface area contributed by atoms with Crippen molar-refractivity contribution in [3.63, 3.8) is 0 Å². The van der Waals surface area contributed by atoms with E-state index in [1.807, 2.05) is 36.2 Å². The van der Waals surface area contributed by atoms with Crippen LogP contribution in [0.2, 0.25) is 5.02 Å². The Morgan fingerprint density at radius 1 is 1.24 bits per heavy atom. The molecule has 108 valence electrons. The number of hydrogen-bond donors (Lipinski definition) is 1. The van der Waals surface area contributed by atoms with E-state index < -0.39 is 0 Å². The van der Waals surface area contributed by atoms with Gasteiger partial charge in [0.1, 0.15) is 0 Å². The fourth-order valence-electron chi connectivity index (χ4n) is 2.33. The lowest BCUT2D eigenvalue weighted by Gasteiger charge is -2.34.